The molecule has 0 saturated carbocycles. The van der Waals surface area contributed by atoms with E-state index in [9.17, 15) is 18.0 Å². The summed E-state index contributed by atoms with van der Waals surface area (Å²) < 4.78 is 44.9. The lowest BCUT2D eigenvalue weighted by atomic mass is 10.1. The Morgan fingerprint density at radius 3 is 2.63 bits per heavy atom. The van der Waals surface area contributed by atoms with Crippen molar-refractivity contribution >= 4 is 29.1 Å². The van der Waals surface area contributed by atoms with Gasteiger partial charge in [0.1, 0.15) is 11.8 Å². The highest BCUT2D eigenvalue weighted by atomic mass is 35.5. The molecule has 1 aliphatic rings. The van der Waals surface area contributed by atoms with E-state index in [1.54, 1.807) is 23.1 Å². The Balaban J connectivity index is 1.67. The maximum atomic E-state index is 13.1. The number of pyridine rings is 1. The normalized spacial score (nSPS) is 17.1. The Morgan fingerprint density at radius 2 is 1.97 bits per heavy atom. The summed E-state index contributed by atoms with van der Waals surface area (Å²) in [5.41, 5.74) is 5.45. The number of aromatic nitrogens is 1. The van der Waals surface area contributed by atoms with E-state index in [0.29, 0.717) is 29.4 Å². The van der Waals surface area contributed by atoms with Crippen molar-refractivity contribution in [2.75, 3.05) is 13.1 Å². The van der Waals surface area contributed by atoms with Crippen LogP contribution in [0, 0.1) is 0 Å². The molecule has 2 aromatic rings. The van der Waals surface area contributed by atoms with Crippen LogP contribution in [-0.4, -0.2) is 35.0 Å². The largest absolute Gasteiger partial charge is 0.472 e. The van der Waals surface area contributed by atoms with Gasteiger partial charge >= 0.3 is 6.18 Å². The molecular formula is C20H20Cl2F3N3O2. The van der Waals surface area contributed by atoms with Gasteiger partial charge < -0.3 is 15.4 Å². The Kier molecular flexibility index (Phi) is 7.10. The van der Waals surface area contributed by atoms with Crippen molar-refractivity contribution < 1.29 is 22.7 Å². The molecule has 1 aromatic heterocycles. The molecule has 5 nitrogen and oxygen atoms in total. The summed E-state index contributed by atoms with van der Waals surface area (Å²) >= 11 is 11.9. The Labute approximate surface area is 181 Å². The zero-order valence-corrected chi connectivity index (χ0v) is 17.4. The minimum absolute atomic E-state index is 0.0686. The van der Waals surface area contributed by atoms with Crippen LogP contribution >= 0.6 is 23.2 Å². The third kappa shape index (κ3) is 5.77. The average molecular weight is 462 g/mol. The molecule has 1 saturated heterocycles. The van der Waals surface area contributed by atoms with Crippen molar-refractivity contribution in [1.29, 1.82) is 0 Å². The van der Waals surface area contributed by atoms with Gasteiger partial charge in [-0.2, -0.15) is 13.2 Å². The highest BCUT2D eigenvalue weighted by molar-refractivity contribution is 6.42. The summed E-state index contributed by atoms with van der Waals surface area (Å²) in [6.07, 6.45) is -3.65. The summed E-state index contributed by atoms with van der Waals surface area (Å²) in [4.78, 5) is 17.9. The van der Waals surface area contributed by atoms with Gasteiger partial charge in [0.15, 0.2) is 0 Å². The molecule has 0 aliphatic carbocycles. The summed E-state index contributed by atoms with van der Waals surface area (Å²) in [5, 5.41) is 0.776. The zero-order valence-electron chi connectivity index (χ0n) is 15.9. The number of likely N-dealkylation sites (tertiary alicyclic amines) is 1. The molecule has 0 radical (unpaired) electrons. The average Bonchev–Trinajstić information content (AvgIpc) is 2.70. The minimum atomic E-state index is -4.60. The summed E-state index contributed by atoms with van der Waals surface area (Å²) in [6, 6.07) is 7.29. The quantitative estimate of drug-likeness (QED) is 0.712. The van der Waals surface area contributed by atoms with E-state index in [2.05, 4.69) is 4.98 Å². The number of carbonyl (C=O) groups excluding carboxylic acids is 1. The van der Waals surface area contributed by atoms with E-state index in [1.807, 2.05) is 0 Å². The first kappa shape index (κ1) is 22.7. The predicted octanol–water partition coefficient (Wildman–Crippen LogP) is 4.48. The van der Waals surface area contributed by atoms with Crippen molar-refractivity contribution in [2.24, 2.45) is 5.73 Å². The number of benzene rings is 1. The van der Waals surface area contributed by atoms with Gasteiger partial charge in [-0.25, -0.2) is 4.98 Å². The summed E-state index contributed by atoms with van der Waals surface area (Å²) in [7, 11) is 0. The standard InChI is InChI=1S/C20H20Cl2F3N3O2/c21-15-4-3-12(6-16(15)22)9-19(29)28-5-1-2-14(11-28)30-18-8-13(10-26)7-17(27-18)20(23,24)25/h3-4,6-8,14H,1-2,5,9-11,26H2. The maximum absolute atomic E-state index is 13.1. The van der Waals surface area contributed by atoms with Crippen LogP contribution in [0.15, 0.2) is 30.3 Å². The fourth-order valence-corrected chi connectivity index (χ4v) is 3.57. The van der Waals surface area contributed by atoms with Crippen molar-refractivity contribution in [2.45, 2.75) is 38.1 Å². The fraction of sp³-hybridized carbons (Fsp3) is 0.400. The second kappa shape index (κ2) is 9.41. The highest BCUT2D eigenvalue weighted by Gasteiger charge is 2.34. The molecular weight excluding hydrogens is 442 g/mol. The van der Waals surface area contributed by atoms with Gasteiger partial charge in [0.2, 0.25) is 11.8 Å². The minimum Gasteiger partial charge on any atom is -0.472 e. The van der Waals surface area contributed by atoms with E-state index in [0.717, 1.165) is 11.6 Å². The molecule has 1 aliphatic heterocycles. The fourth-order valence-electron chi connectivity index (χ4n) is 3.25. The number of ether oxygens (including phenoxy) is 1. The third-order valence-electron chi connectivity index (χ3n) is 4.75. The molecule has 0 spiro atoms. The van der Waals surface area contributed by atoms with Crippen LogP contribution in [0.4, 0.5) is 13.2 Å². The van der Waals surface area contributed by atoms with E-state index >= 15 is 0 Å². The molecule has 10 heteroatoms. The molecule has 30 heavy (non-hydrogen) atoms. The second-order valence-electron chi connectivity index (χ2n) is 7.05. The molecule has 1 amide bonds. The second-order valence-corrected chi connectivity index (χ2v) is 7.86. The van der Waals surface area contributed by atoms with Gasteiger partial charge in [-0.1, -0.05) is 29.3 Å². The molecule has 1 atom stereocenters. The van der Waals surface area contributed by atoms with Crippen LogP contribution in [0.25, 0.3) is 0 Å². The highest BCUT2D eigenvalue weighted by Crippen LogP contribution is 2.30. The Bertz CT molecular complexity index is 925. The van der Waals surface area contributed by atoms with Gasteiger partial charge in [-0.3, -0.25) is 4.79 Å². The molecule has 1 unspecified atom stereocenters. The van der Waals surface area contributed by atoms with Gasteiger partial charge in [0, 0.05) is 19.2 Å². The number of nitrogens with zero attached hydrogens (tertiary/aromatic N) is 2. The smallest absolute Gasteiger partial charge is 0.433 e. The molecule has 2 heterocycles. The first-order valence-corrected chi connectivity index (χ1v) is 10.1. The number of piperidine rings is 1. The Hall–Kier alpha value is -2.03. The number of rotatable bonds is 5. The van der Waals surface area contributed by atoms with Crippen molar-refractivity contribution in [3.63, 3.8) is 0 Å². The molecule has 1 aromatic carbocycles. The third-order valence-corrected chi connectivity index (χ3v) is 5.48. The lowest BCUT2D eigenvalue weighted by molar-refractivity contribution is -0.141. The van der Waals surface area contributed by atoms with Crippen LogP contribution in [-0.2, 0) is 23.9 Å². The van der Waals surface area contributed by atoms with Gasteiger partial charge in [-0.05, 0) is 42.2 Å². The monoisotopic (exact) mass is 461 g/mol. The molecule has 1 fully saturated rings. The van der Waals surface area contributed by atoms with Crippen LogP contribution in [0.1, 0.15) is 29.7 Å². The van der Waals surface area contributed by atoms with Crippen LogP contribution in [0.3, 0.4) is 0 Å². The van der Waals surface area contributed by atoms with E-state index in [4.69, 9.17) is 33.7 Å². The molecule has 2 N–H and O–H groups in total. The first-order chi connectivity index (χ1) is 14.2. The number of nitrogens with two attached hydrogens (primary N) is 1. The van der Waals surface area contributed by atoms with Crippen molar-refractivity contribution in [3.8, 4) is 5.88 Å². The number of hydrogen-bond donors (Lipinski definition) is 1. The van der Waals surface area contributed by atoms with Crippen LogP contribution in [0.2, 0.25) is 10.0 Å². The predicted molar refractivity (Wildman–Crippen MR) is 108 cm³/mol. The SMILES string of the molecule is NCc1cc(OC2CCCN(C(=O)Cc3ccc(Cl)c(Cl)c3)C2)nc(C(F)(F)F)c1. The lowest BCUT2D eigenvalue weighted by Gasteiger charge is -2.33. The first-order valence-electron chi connectivity index (χ1n) is 9.32. The summed E-state index contributed by atoms with van der Waals surface area (Å²) in [5.74, 6) is -0.268. The van der Waals surface area contributed by atoms with Gasteiger partial charge in [0.05, 0.1) is 23.0 Å². The Morgan fingerprint density at radius 1 is 1.20 bits per heavy atom. The van der Waals surface area contributed by atoms with Crippen LogP contribution < -0.4 is 10.5 Å². The van der Waals surface area contributed by atoms with Gasteiger partial charge in [-0.15, -0.1) is 0 Å². The summed E-state index contributed by atoms with van der Waals surface area (Å²) in [6.45, 7) is 0.737. The number of hydrogen-bond acceptors (Lipinski definition) is 4. The van der Waals surface area contributed by atoms with E-state index in [1.165, 1.54) is 6.07 Å². The lowest BCUT2D eigenvalue weighted by Crippen LogP contribution is -2.45. The van der Waals surface area contributed by atoms with Gasteiger partial charge in [0.25, 0.3) is 0 Å². The number of alkyl halides is 3. The molecule has 3 rings (SSSR count). The molecule has 162 valence electrons. The number of carbonyl (C=O) groups is 1. The number of amides is 1. The number of halogens is 5. The molecule has 0 bridgehead atoms. The van der Waals surface area contributed by atoms with E-state index < -0.39 is 18.0 Å². The van der Waals surface area contributed by atoms with Crippen molar-refractivity contribution in [1.82, 2.24) is 9.88 Å². The van der Waals surface area contributed by atoms with Crippen molar-refractivity contribution in [3.05, 3.63) is 57.2 Å². The zero-order chi connectivity index (χ0) is 21.9. The van der Waals surface area contributed by atoms with Crippen LogP contribution in [0.5, 0.6) is 5.88 Å². The van der Waals surface area contributed by atoms with E-state index in [-0.39, 0.29) is 36.9 Å². The maximum Gasteiger partial charge on any atom is 0.433 e. The topological polar surface area (TPSA) is 68.5 Å².